The number of benzene rings is 2. The predicted molar refractivity (Wildman–Crippen MR) is 135 cm³/mol. The number of carboxylic acid groups (broad SMARTS) is 1. The van der Waals surface area contributed by atoms with Crippen LogP contribution in [-0.2, 0) is 36.8 Å². The number of carboxylic acids is 1. The molecule has 0 bridgehead atoms. The van der Waals surface area contributed by atoms with Gasteiger partial charge in [0.25, 0.3) is 0 Å². The summed E-state index contributed by atoms with van der Waals surface area (Å²) in [5.74, 6) is -4.20. The van der Waals surface area contributed by atoms with Crippen LogP contribution in [0.4, 0.5) is 0 Å². The highest BCUT2D eigenvalue weighted by atomic mass is 16.4. The van der Waals surface area contributed by atoms with E-state index in [1.165, 1.54) is 36.4 Å². The number of amides is 4. The van der Waals surface area contributed by atoms with Crippen LogP contribution in [0.15, 0.2) is 48.5 Å². The van der Waals surface area contributed by atoms with Crippen molar-refractivity contribution in [1.82, 2.24) is 16.0 Å². The minimum atomic E-state index is -1.28. The summed E-state index contributed by atoms with van der Waals surface area (Å²) in [7, 11) is 0. The van der Waals surface area contributed by atoms with Crippen molar-refractivity contribution in [1.29, 1.82) is 0 Å². The summed E-state index contributed by atoms with van der Waals surface area (Å²) in [5.41, 5.74) is 12.1. The number of hydrogen-bond donors (Lipinski definition) is 8. The van der Waals surface area contributed by atoms with E-state index in [-0.39, 0.29) is 37.2 Å². The fraction of sp³-hybridized carbons (Fsp3) is 0.320. The lowest BCUT2D eigenvalue weighted by Gasteiger charge is -2.24. The van der Waals surface area contributed by atoms with E-state index in [1.54, 1.807) is 12.1 Å². The smallest absolute Gasteiger partial charge is 0.322 e. The fourth-order valence-electron chi connectivity index (χ4n) is 3.42. The number of carbonyl (C=O) groups is 5. The van der Waals surface area contributed by atoms with E-state index in [0.29, 0.717) is 11.1 Å². The van der Waals surface area contributed by atoms with E-state index in [4.69, 9.17) is 16.6 Å². The first-order valence-electron chi connectivity index (χ1n) is 11.6. The van der Waals surface area contributed by atoms with E-state index in [2.05, 4.69) is 16.0 Å². The molecule has 0 aliphatic carbocycles. The van der Waals surface area contributed by atoms with Gasteiger partial charge in [-0.3, -0.25) is 24.0 Å². The maximum atomic E-state index is 13.3. The summed E-state index contributed by atoms with van der Waals surface area (Å²) in [5, 5.41) is 35.3. The van der Waals surface area contributed by atoms with Gasteiger partial charge in [-0.25, -0.2) is 0 Å². The molecule has 0 aliphatic heterocycles. The molecule has 0 saturated heterocycles. The molecular weight excluding hydrogens is 498 g/mol. The SMILES string of the molecule is NC(=O)CCC(N)C(=O)NC(Cc1ccc(O)cc1)C(=O)NC(Cc1ccc(O)cc1)C(=O)NCC(=O)O. The molecule has 10 N–H and O–H groups in total. The minimum absolute atomic E-state index is 0.00340. The molecule has 4 amide bonds. The van der Waals surface area contributed by atoms with Gasteiger partial charge in [0, 0.05) is 19.3 Å². The van der Waals surface area contributed by atoms with Gasteiger partial charge >= 0.3 is 5.97 Å². The van der Waals surface area contributed by atoms with E-state index in [0.717, 1.165) is 0 Å². The van der Waals surface area contributed by atoms with Crippen LogP contribution in [0.3, 0.4) is 0 Å². The van der Waals surface area contributed by atoms with Crippen molar-refractivity contribution in [2.45, 2.75) is 43.8 Å². The summed E-state index contributed by atoms with van der Waals surface area (Å²) in [6, 6.07) is 8.16. The number of phenols is 2. The number of hydrogen-bond acceptors (Lipinski definition) is 8. The standard InChI is InChI=1S/C25H31N5O8/c26-18(9-10-21(27)33)23(36)29-20(12-15-3-7-17(32)8-4-15)25(38)30-19(24(37)28-13-22(34)35)11-14-1-5-16(31)6-2-14/h1-8,18-20,31-32H,9-13,26H2,(H2,27,33)(H,28,37)(H,29,36)(H,30,38)(H,34,35). The molecule has 0 heterocycles. The number of primary amides is 1. The van der Waals surface area contributed by atoms with Crippen molar-refractivity contribution in [3.63, 3.8) is 0 Å². The van der Waals surface area contributed by atoms with Crippen molar-refractivity contribution in [2.75, 3.05) is 6.54 Å². The van der Waals surface area contributed by atoms with Crippen LogP contribution in [0, 0.1) is 0 Å². The second kappa shape index (κ2) is 14.2. The van der Waals surface area contributed by atoms with Gasteiger partial charge in [-0.05, 0) is 41.8 Å². The minimum Gasteiger partial charge on any atom is -0.508 e. The normalized spacial score (nSPS) is 13.0. The number of carbonyl (C=O) groups excluding carboxylic acids is 4. The average molecular weight is 530 g/mol. The van der Waals surface area contributed by atoms with Crippen molar-refractivity contribution in [3.8, 4) is 11.5 Å². The Kier molecular flexibility index (Phi) is 11.0. The number of aliphatic carboxylic acids is 1. The fourth-order valence-corrected chi connectivity index (χ4v) is 3.42. The molecule has 0 saturated carbocycles. The quantitative estimate of drug-likeness (QED) is 0.144. The summed E-state index contributed by atoms with van der Waals surface area (Å²) in [6.07, 6.45) is -0.268. The zero-order chi connectivity index (χ0) is 28.2. The topological polar surface area (TPSA) is 234 Å². The first kappa shape index (κ1) is 29.6. The molecule has 2 aromatic carbocycles. The Hall–Kier alpha value is -4.65. The van der Waals surface area contributed by atoms with Crippen molar-refractivity contribution < 1.29 is 39.3 Å². The number of nitrogens with one attached hydrogen (secondary N) is 3. The largest absolute Gasteiger partial charge is 0.508 e. The summed E-state index contributed by atoms with van der Waals surface area (Å²) < 4.78 is 0. The first-order valence-corrected chi connectivity index (χ1v) is 11.6. The second-order valence-electron chi connectivity index (χ2n) is 8.59. The second-order valence-corrected chi connectivity index (χ2v) is 8.59. The molecule has 0 spiro atoms. The van der Waals surface area contributed by atoms with Crippen molar-refractivity contribution in [2.24, 2.45) is 11.5 Å². The Morgan fingerprint density at radius 2 is 1.18 bits per heavy atom. The van der Waals surface area contributed by atoms with Crippen molar-refractivity contribution in [3.05, 3.63) is 59.7 Å². The maximum absolute atomic E-state index is 13.3. The van der Waals surface area contributed by atoms with Gasteiger partial charge in [0.15, 0.2) is 0 Å². The lowest BCUT2D eigenvalue weighted by atomic mass is 10.0. The Balaban J connectivity index is 2.25. The van der Waals surface area contributed by atoms with Gasteiger partial charge in [0.05, 0.1) is 6.04 Å². The molecular formula is C25H31N5O8. The molecule has 3 unspecified atom stereocenters. The lowest BCUT2D eigenvalue weighted by Crippen LogP contribution is -2.57. The monoisotopic (exact) mass is 529 g/mol. The van der Waals surface area contributed by atoms with E-state index < -0.39 is 54.3 Å². The molecule has 3 atom stereocenters. The first-order chi connectivity index (χ1) is 17.9. The zero-order valence-corrected chi connectivity index (χ0v) is 20.4. The van der Waals surface area contributed by atoms with Gasteiger partial charge in [-0.1, -0.05) is 24.3 Å². The van der Waals surface area contributed by atoms with Crippen LogP contribution in [0.5, 0.6) is 11.5 Å². The average Bonchev–Trinajstić information content (AvgIpc) is 2.87. The molecule has 0 fully saturated rings. The molecule has 0 radical (unpaired) electrons. The van der Waals surface area contributed by atoms with Crippen LogP contribution in [-0.4, -0.2) is 69.6 Å². The van der Waals surface area contributed by atoms with Gasteiger partial charge in [0.2, 0.25) is 23.6 Å². The third-order valence-corrected chi connectivity index (χ3v) is 5.47. The van der Waals surface area contributed by atoms with E-state index in [1.807, 2.05) is 0 Å². The summed E-state index contributed by atoms with van der Waals surface area (Å²) in [4.78, 5) is 60.7. The van der Waals surface area contributed by atoms with Crippen LogP contribution in [0.2, 0.25) is 0 Å². The third-order valence-electron chi connectivity index (χ3n) is 5.47. The van der Waals surface area contributed by atoms with Crippen molar-refractivity contribution >= 4 is 29.6 Å². The number of phenolic OH excluding ortho intramolecular Hbond substituents is 2. The Morgan fingerprint density at radius 3 is 1.63 bits per heavy atom. The zero-order valence-electron chi connectivity index (χ0n) is 20.4. The van der Waals surface area contributed by atoms with Gasteiger partial charge in [-0.15, -0.1) is 0 Å². The van der Waals surface area contributed by atoms with Crippen LogP contribution in [0.25, 0.3) is 0 Å². The molecule has 13 nitrogen and oxygen atoms in total. The lowest BCUT2D eigenvalue weighted by molar-refractivity contribution is -0.138. The van der Waals surface area contributed by atoms with Crippen LogP contribution >= 0.6 is 0 Å². The molecule has 204 valence electrons. The molecule has 38 heavy (non-hydrogen) atoms. The number of nitrogens with two attached hydrogens (primary N) is 2. The third kappa shape index (κ3) is 10.1. The molecule has 0 aliphatic rings. The molecule has 0 aromatic heterocycles. The van der Waals surface area contributed by atoms with Gasteiger partial charge < -0.3 is 42.7 Å². The van der Waals surface area contributed by atoms with Crippen LogP contribution < -0.4 is 27.4 Å². The van der Waals surface area contributed by atoms with E-state index >= 15 is 0 Å². The molecule has 2 rings (SSSR count). The van der Waals surface area contributed by atoms with E-state index in [9.17, 15) is 34.2 Å². The van der Waals surface area contributed by atoms with Crippen LogP contribution in [0.1, 0.15) is 24.0 Å². The summed E-state index contributed by atoms with van der Waals surface area (Å²) in [6.45, 7) is -0.677. The Bertz CT molecular complexity index is 1140. The summed E-state index contributed by atoms with van der Waals surface area (Å²) >= 11 is 0. The van der Waals surface area contributed by atoms with Gasteiger partial charge in [-0.2, -0.15) is 0 Å². The van der Waals surface area contributed by atoms with Gasteiger partial charge in [0.1, 0.15) is 30.1 Å². The number of rotatable bonds is 14. The maximum Gasteiger partial charge on any atom is 0.322 e. The predicted octanol–water partition coefficient (Wildman–Crippen LogP) is -1.35. The Labute approximate surface area is 218 Å². The Morgan fingerprint density at radius 1 is 0.737 bits per heavy atom. The molecule has 2 aromatic rings. The highest BCUT2D eigenvalue weighted by molar-refractivity contribution is 5.94. The highest BCUT2D eigenvalue weighted by Crippen LogP contribution is 2.14. The molecule has 13 heteroatoms. The highest BCUT2D eigenvalue weighted by Gasteiger charge is 2.29. The number of aromatic hydroxyl groups is 2.